The largest absolute Gasteiger partial charge is 0.337 e. The van der Waals surface area contributed by atoms with Gasteiger partial charge in [-0.25, -0.2) is 8.42 Å². The lowest BCUT2D eigenvalue weighted by atomic mass is 10.0. The van der Waals surface area contributed by atoms with E-state index in [0.29, 0.717) is 43.3 Å². The first-order valence-corrected chi connectivity index (χ1v) is 12.1. The molecule has 1 unspecified atom stereocenters. The summed E-state index contributed by atoms with van der Waals surface area (Å²) in [6.07, 6.45) is 0. The van der Waals surface area contributed by atoms with Crippen LogP contribution >= 0.6 is 11.6 Å². The molecule has 0 radical (unpaired) electrons. The number of hydrogen-bond donors (Lipinski definition) is 1. The van der Waals surface area contributed by atoms with Crippen LogP contribution in [0, 0.1) is 0 Å². The SMILES string of the molecule is CC(CN(CCS(=O)(=O)N1CCNCC1)C(=O)c1ccc(Cl)cc1)c1ccccc1. The Morgan fingerprint density at radius 1 is 1.10 bits per heavy atom. The summed E-state index contributed by atoms with van der Waals surface area (Å²) in [5.74, 6) is -0.206. The van der Waals surface area contributed by atoms with Gasteiger partial charge in [0.15, 0.2) is 0 Å². The molecular weight excluding hydrogens is 422 g/mol. The third kappa shape index (κ3) is 6.04. The van der Waals surface area contributed by atoms with Crippen molar-refractivity contribution in [3.05, 3.63) is 70.7 Å². The molecule has 6 nitrogen and oxygen atoms in total. The van der Waals surface area contributed by atoms with E-state index in [9.17, 15) is 13.2 Å². The maximum absolute atomic E-state index is 13.2. The van der Waals surface area contributed by atoms with E-state index in [-0.39, 0.29) is 24.1 Å². The van der Waals surface area contributed by atoms with Crippen molar-refractivity contribution >= 4 is 27.5 Å². The van der Waals surface area contributed by atoms with Crippen LogP contribution in [0.2, 0.25) is 5.02 Å². The minimum atomic E-state index is -3.42. The molecule has 0 spiro atoms. The first kappa shape index (κ1) is 22.7. The van der Waals surface area contributed by atoms with Crippen molar-refractivity contribution in [2.75, 3.05) is 45.0 Å². The van der Waals surface area contributed by atoms with E-state index in [2.05, 4.69) is 5.32 Å². The minimum absolute atomic E-state index is 0.0735. The summed E-state index contributed by atoms with van der Waals surface area (Å²) in [6, 6.07) is 16.6. The van der Waals surface area contributed by atoms with E-state index < -0.39 is 10.0 Å². The molecule has 1 saturated heterocycles. The van der Waals surface area contributed by atoms with Crippen LogP contribution in [0.1, 0.15) is 28.8 Å². The van der Waals surface area contributed by atoms with Crippen LogP contribution in [-0.2, 0) is 10.0 Å². The number of nitrogens with zero attached hydrogens (tertiary/aromatic N) is 2. The van der Waals surface area contributed by atoms with Gasteiger partial charge in [-0.1, -0.05) is 48.9 Å². The molecule has 0 bridgehead atoms. The second-order valence-corrected chi connectivity index (χ2v) is 10.1. The molecule has 1 N–H and O–H groups in total. The molecule has 1 heterocycles. The summed E-state index contributed by atoms with van der Waals surface area (Å²) < 4.78 is 27.1. The first-order chi connectivity index (χ1) is 14.4. The Balaban J connectivity index is 1.76. The molecular formula is C22H28ClN3O3S. The quantitative estimate of drug-likeness (QED) is 0.672. The van der Waals surface area contributed by atoms with E-state index >= 15 is 0 Å². The zero-order valence-corrected chi connectivity index (χ0v) is 18.7. The van der Waals surface area contributed by atoms with Crippen molar-refractivity contribution < 1.29 is 13.2 Å². The fourth-order valence-corrected chi connectivity index (χ4v) is 5.12. The van der Waals surface area contributed by atoms with Gasteiger partial charge in [0, 0.05) is 49.9 Å². The Bertz CT molecular complexity index is 930. The Morgan fingerprint density at radius 3 is 2.37 bits per heavy atom. The van der Waals surface area contributed by atoms with E-state index in [1.165, 1.54) is 4.31 Å². The number of nitrogens with one attached hydrogen (secondary N) is 1. The highest BCUT2D eigenvalue weighted by Gasteiger charge is 2.26. The van der Waals surface area contributed by atoms with Gasteiger partial charge in [0.25, 0.3) is 5.91 Å². The number of carbonyl (C=O) groups is 1. The fraction of sp³-hybridized carbons (Fsp3) is 0.409. The van der Waals surface area contributed by atoms with Crippen molar-refractivity contribution in [2.45, 2.75) is 12.8 Å². The van der Waals surface area contributed by atoms with Crippen LogP contribution in [-0.4, -0.2) is 68.6 Å². The van der Waals surface area contributed by atoms with Gasteiger partial charge in [-0.15, -0.1) is 0 Å². The van der Waals surface area contributed by atoms with Gasteiger partial charge in [0.2, 0.25) is 10.0 Å². The maximum Gasteiger partial charge on any atom is 0.253 e. The molecule has 2 aromatic carbocycles. The normalized spacial score (nSPS) is 16.2. The third-order valence-electron chi connectivity index (χ3n) is 5.33. The van der Waals surface area contributed by atoms with Crippen molar-refractivity contribution in [1.29, 1.82) is 0 Å². The third-order valence-corrected chi connectivity index (χ3v) is 7.43. The number of sulfonamides is 1. The zero-order valence-electron chi connectivity index (χ0n) is 17.1. The number of rotatable bonds is 8. The van der Waals surface area contributed by atoms with Crippen LogP contribution in [0.5, 0.6) is 0 Å². The molecule has 0 saturated carbocycles. The standard InChI is InChI=1S/C22H28ClN3O3S/c1-18(19-5-3-2-4-6-19)17-25(22(27)20-7-9-21(23)10-8-20)15-16-30(28,29)26-13-11-24-12-14-26/h2-10,18,24H,11-17H2,1H3. The van der Waals surface area contributed by atoms with Gasteiger partial charge in [-0.3, -0.25) is 4.79 Å². The molecule has 0 aromatic heterocycles. The highest BCUT2D eigenvalue weighted by Crippen LogP contribution is 2.19. The maximum atomic E-state index is 13.2. The molecule has 1 atom stereocenters. The summed E-state index contributed by atoms with van der Waals surface area (Å²) in [5, 5.41) is 3.71. The van der Waals surface area contributed by atoms with Crippen molar-refractivity contribution in [3.63, 3.8) is 0 Å². The lowest BCUT2D eigenvalue weighted by Crippen LogP contribution is -2.48. The van der Waals surface area contributed by atoms with Crippen LogP contribution in [0.25, 0.3) is 0 Å². The monoisotopic (exact) mass is 449 g/mol. The molecule has 1 fully saturated rings. The van der Waals surface area contributed by atoms with Gasteiger partial charge in [-0.2, -0.15) is 4.31 Å². The zero-order chi connectivity index (χ0) is 21.6. The second kappa shape index (κ2) is 10.4. The lowest BCUT2D eigenvalue weighted by molar-refractivity contribution is 0.0757. The predicted molar refractivity (Wildman–Crippen MR) is 120 cm³/mol. The van der Waals surface area contributed by atoms with Crippen LogP contribution < -0.4 is 5.32 Å². The van der Waals surface area contributed by atoms with E-state index in [1.54, 1.807) is 29.2 Å². The molecule has 3 rings (SSSR count). The Kier molecular flexibility index (Phi) is 7.88. The molecule has 1 amide bonds. The minimum Gasteiger partial charge on any atom is -0.337 e. The topological polar surface area (TPSA) is 69.7 Å². The molecule has 8 heteroatoms. The van der Waals surface area contributed by atoms with Gasteiger partial charge in [0.1, 0.15) is 0 Å². The highest BCUT2D eigenvalue weighted by atomic mass is 35.5. The molecule has 2 aromatic rings. The summed E-state index contributed by atoms with van der Waals surface area (Å²) in [7, 11) is -3.42. The number of amides is 1. The number of halogens is 1. The summed E-state index contributed by atoms with van der Waals surface area (Å²) in [5.41, 5.74) is 1.61. The summed E-state index contributed by atoms with van der Waals surface area (Å²) in [6.45, 7) is 4.85. The van der Waals surface area contributed by atoms with Crippen molar-refractivity contribution in [3.8, 4) is 0 Å². The molecule has 1 aliphatic rings. The van der Waals surface area contributed by atoms with Gasteiger partial charge in [-0.05, 0) is 35.7 Å². The van der Waals surface area contributed by atoms with Crippen LogP contribution in [0.4, 0.5) is 0 Å². The summed E-state index contributed by atoms with van der Waals surface area (Å²) in [4.78, 5) is 14.8. The Hall–Kier alpha value is -1.93. The first-order valence-electron chi connectivity index (χ1n) is 10.1. The number of benzene rings is 2. The van der Waals surface area contributed by atoms with E-state index in [4.69, 9.17) is 11.6 Å². The molecule has 1 aliphatic heterocycles. The van der Waals surface area contributed by atoms with Crippen LogP contribution in [0.15, 0.2) is 54.6 Å². The van der Waals surface area contributed by atoms with Gasteiger partial charge < -0.3 is 10.2 Å². The Morgan fingerprint density at radius 2 is 1.73 bits per heavy atom. The van der Waals surface area contributed by atoms with Gasteiger partial charge in [0.05, 0.1) is 5.75 Å². The van der Waals surface area contributed by atoms with Crippen molar-refractivity contribution in [1.82, 2.24) is 14.5 Å². The second-order valence-electron chi connectivity index (χ2n) is 7.53. The smallest absolute Gasteiger partial charge is 0.253 e. The highest BCUT2D eigenvalue weighted by molar-refractivity contribution is 7.89. The average molecular weight is 450 g/mol. The predicted octanol–water partition coefficient (Wildman–Crippen LogP) is 2.82. The van der Waals surface area contributed by atoms with E-state index in [0.717, 1.165) is 5.56 Å². The number of hydrogen-bond acceptors (Lipinski definition) is 4. The molecule has 30 heavy (non-hydrogen) atoms. The van der Waals surface area contributed by atoms with Gasteiger partial charge >= 0.3 is 0 Å². The fourth-order valence-electron chi connectivity index (χ4n) is 3.55. The van der Waals surface area contributed by atoms with Crippen LogP contribution in [0.3, 0.4) is 0 Å². The number of carbonyl (C=O) groups excluding carboxylic acids is 1. The Labute approximate surface area is 183 Å². The number of piperazine rings is 1. The van der Waals surface area contributed by atoms with E-state index in [1.807, 2.05) is 37.3 Å². The lowest BCUT2D eigenvalue weighted by Gasteiger charge is -2.30. The molecule has 162 valence electrons. The van der Waals surface area contributed by atoms with Crippen molar-refractivity contribution in [2.24, 2.45) is 0 Å². The molecule has 0 aliphatic carbocycles. The summed E-state index contributed by atoms with van der Waals surface area (Å²) >= 11 is 5.95. The average Bonchev–Trinajstić information content (AvgIpc) is 2.77.